The van der Waals surface area contributed by atoms with Crippen LogP contribution in [0.3, 0.4) is 0 Å². The van der Waals surface area contributed by atoms with Crippen LogP contribution in [0, 0.1) is 0 Å². The second-order valence-corrected chi connectivity index (χ2v) is 8.34. The molecule has 1 aromatic heterocycles. The number of hydrogen-bond acceptors (Lipinski definition) is 6. The van der Waals surface area contributed by atoms with Crippen molar-refractivity contribution in [3.8, 4) is 0 Å². The highest BCUT2D eigenvalue weighted by atomic mass is 32.1. The van der Waals surface area contributed by atoms with E-state index in [0.29, 0.717) is 38.0 Å². The Morgan fingerprint density at radius 2 is 1.96 bits per heavy atom. The molecule has 0 bridgehead atoms. The van der Waals surface area contributed by atoms with Gasteiger partial charge in [-0.05, 0) is 25.7 Å². The Kier molecular flexibility index (Phi) is 6.64. The molecule has 1 N–H and O–H groups in total. The topological polar surface area (TPSA) is 87.7 Å². The van der Waals surface area contributed by atoms with Crippen LogP contribution in [0.2, 0.25) is 0 Å². The van der Waals surface area contributed by atoms with Crippen molar-refractivity contribution >= 4 is 28.4 Å². The third kappa shape index (κ3) is 4.76. The van der Waals surface area contributed by atoms with Gasteiger partial charge in [-0.15, -0.1) is 10.2 Å². The molecule has 2 aliphatic rings. The van der Waals surface area contributed by atoms with Crippen molar-refractivity contribution in [3.63, 3.8) is 0 Å². The smallest absolute Gasteiger partial charge is 0.323 e. The molecule has 0 radical (unpaired) electrons. The lowest BCUT2D eigenvalue weighted by Gasteiger charge is -2.44. The number of aromatic nitrogens is 2. The molecule has 2 aliphatic heterocycles. The first-order valence-electron chi connectivity index (χ1n) is 9.78. The maximum absolute atomic E-state index is 12.7. The molecule has 0 aromatic carbocycles. The van der Waals surface area contributed by atoms with Crippen molar-refractivity contribution in [2.75, 3.05) is 38.2 Å². The molecule has 3 rings (SSSR count). The molecule has 0 saturated carbocycles. The number of amides is 3. The fourth-order valence-electron chi connectivity index (χ4n) is 3.92. The fraction of sp³-hybridized carbons (Fsp3) is 0.778. The highest BCUT2D eigenvalue weighted by Gasteiger charge is 2.42. The van der Waals surface area contributed by atoms with E-state index in [1.807, 2.05) is 4.90 Å². The molecular formula is C18H29N5O3S. The fourth-order valence-corrected chi connectivity index (χ4v) is 4.69. The molecule has 3 heterocycles. The summed E-state index contributed by atoms with van der Waals surface area (Å²) < 4.78 is 5.50. The zero-order valence-corrected chi connectivity index (χ0v) is 17.0. The number of hydrogen-bond donors (Lipinski definition) is 1. The van der Waals surface area contributed by atoms with E-state index >= 15 is 0 Å². The molecule has 1 aromatic rings. The number of anilines is 1. The van der Waals surface area contributed by atoms with E-state index in [9.17, 15) is 9.59 Å². The predicted octanol–water partition coefficient (Wildman–Crippen LogP) is 2.52. The minimum Gasteiger partial charge on any atom is -0.381 e. The number of nitrogens with zero attached hydrogens (tertiary/aromatic N) is 4. The molecule has 9 heteroatoms. The van der Waals surface area contributed by atoms with Crippen molar-refractivity contribution in [1.82, 2.24) is 20.0 Å². The van der Waals surface area contributed by atoms with E-state index in [-0.39, 0.29) is 17.5 Å². The standard InChI is InChI=1S/C18H29N5O3S/c1-3-4-5-15-20-21-16(27-15)19-17(25)22-9-6-18(7-12-26-13-8-18)23(11-10-22)14(2)24/h3-13H2,1-2H3,(H,19,21,25). The summed E-state index contributed by atoms with van der Waals surface area (Å²) in [6, 6.07) is -0.166. The average Bonchev–Trinajstić information content (AvgIpc) is 3.01. The van der Waals surface area contributed by atoms with Crippen molar-refractivity contribution in [2.24, 2.45) is 0 Å². The number of urea groups is 1. The van der Waals surface area contributed by atoms with Crippen LogP contribution in [-0.4, -0.2) is 70.3 Å². The number of carbonyl (C=O) groups excluding carboxylic acids is 2. The Morgan fingerprint density at radius 3 is 2.67 bits per heavy atom. The lowest BCUT2D eigenvalue weighted by molar-refractivity contribution is -0.139. The van der Waals surface area contributed by atoms with Crippen LogP contribution < -0.4 is 5.32 Å². The number of rotatable bonds is 4. The molecule has 1 spiro atoms. The van der Waals surface area contributed by atoms with Gasteiger partial charge in [0.1, 0.15) is 5.01 Å². The SMILES string of the molecule is CCCCc1nnc(NC(=O)N2CCN(C(C)=O)C3(CCOCC3)CC2)s1. The average molecular weight is 396 g/mol. The van der Waals surface area contributed by atoms with E-state index in [4.69, 9.17) is 4.74 Å². The third-order valence-corrected chi connectivity index (χ3v) is 6.43. The number of unbranched alkanes of at least 4 members (excludes halogenated alkanes) is 1. The van der Waals surface area contributed by atoms with Gasteiger partial charge in [-0.25, -0.2) is 4.79 Å². The summed E-state index contributed by atoms with van der Waals surface area (Å²) in [4.78, 5) is 28.7. The summed E-state index contributed by atoms with van der Waals surface area (Å²) in [5.41, 5.74) is -0.185. The zero-order valence-electron chi connectivity index (χ0n) is 16.2. The first-order chi connectivity index (χ1) is 13.0. The van der Waals surface area contributed by atoms with Gasteiger partial charge in [-0.3, -0.25) is 10.1 Å². The quantitative estimate of drug-likeness (QED) is 0.846. The molecule has 2 fully saturated rings. The maximum Gasteiger partial charge on any atom is 0.323 e. The number of carbonyl (C=O) groups is 2. The third-order valence-electron chi connectivity index (χ3n) is 5.53. The first kappa shape index (κ1) is 20.0. The summed E-state index contributed by atoms with van der Waals surface area (Å²) in [7, 11) is 0. The van der Waals surface area contributed by atoms with Crippen LogP contribution in [-0.2, 0) is 16.0 Å². The Balaban J connectivity index is 1.63. The zero-order chi connectivity index (χ0) is 19.3. The Hall–Kier alpha value is -1.74. The molecule has 150 valence electrons. The molecular weight excluding hydrogens is 366 g/mol. The molecule has 3 amide bonds. The van der Waals surface area contributed by atoms with Crippen LogP contribution in [0.25, 0.3) is 0 Å². The van der Waals surface area contributed by atoms with E-state index in [2.05, 4.69) is 22.4 Å². The minimum absolute atomic E-state index is 0.0730. The van der Waals surface area contributed by atoms with Crippen LogP contribution in [0.4, 0.5) is 9.93 Å². The van der Waals surface area contributed by atoms with Gasteiger partial charge in [0.2, 0.25) is 11.0 Å². The Labute approximate surface area is 164 Å². The second kappa shape index (κ2) is 8.97. The molecule has 0 aliphatic carbocycles. The lowest BCUT2D eigenvalue weighted by Crippen LogP contribution is -2.54. The number of nitrogens with one attached hydrogen (secondary N) is 1. The highest BCUT2D eigenvalue weighted by Crippen LogP contribution is 2.33. The van der Waals surface area contributed by atoms with Crippen LogP contribution >= 0.6 is 11.3 Å². The van der Waals surface area contributed by atoms with Crippen molar-refractivity contribution < 1.29 is 14.3 Å². The van der Waals surface area contributed by atoms with Gasteiger partial charge in [-0.1, -0.05) is 24.7 Å². The molecule has 27 heavy (non-hydrogen) atoms. The molecule has 8 nitrogen and oxygen atoms in total. The lowest BCUT2D eigenvalue weighted by atomic mass is 9.84. The van der Waals surface area contributed by atoms with Gasteiger partial charge in [0.05, 0.1) is 0 Å². The van der Waals surface area contributed by atoms with Gasteiger partial charge in [0, 0.05) is 51.7 Å². The molecule has 2 saturated heterocycles. The Morgan fingerprint density at radius 1 is 1.19 bits per heavy atom. The van der Waals surface area contributed by atoms with Gasteiger partial charge < -0.3 is 14.5 Å². The van der Waals surface area contributed by atoms with Crippen molar-refractivity contribution in [2.45, 2.75) is 57.9 Å². The van der Waals surface area contributed by atoms with E-state index in [0.717, 1.165) is 43.5 Å². The van der Waals surface area contributed by atoms with Gasteiger partial charge in [0.25, 0.3) is 0 Å². The van der Waals surface area contributed by atoms with E-state index < -0.39 is 0 Å². The van der Waals surface area contributed by atoms with E-state index in [1.165, 1.54) is 11.3 Å². The molecule has 0 atom stereocenters. The number of aryl methyl sites for hydroxylation is 1. The summed E-state index contributed by atoms with van der Waals surface area (Å²) >= 11 is 1.44. The largest absolute Gasteiger partial charge is 0.381 e. The van der Waals surface area contributed by atoms with E-state index in [1.54, 1.807) is 11.8 Å². The van der Waals surface area contributed by atoms with Crippen LogP contribution in [0.5, 0.6) is 0 Å². The summed E-state index contributed by atoms with van der Waals surface area (Å²) in [5, 5.41) is 12.6. The van der Waals surface area contributed by atoms with Crippen LogP contribution in [0.1, 0.15) is 51.0 Å². The monoisotopic (exact) mass is 395 g/mol. The summed E-state index contributed by atoms with van der Waals surface area (Å²) in [5.74, 6) is 0.0730. The van der Waals surface area contributed by atoms with Gasteiger partial charge >= 0.3 is 6.03 Å². The summed E-state index contributed by atoms with van der Waals surface area (Å²) in [6.07, 6.45) is 5.52. The Bertz CT molecular complexity index is 659. The molecule has 0 unspecified atom stereocenters. The second-order valence-electron chi connectivity index (χ2n) is 7.28. The minimum atomic E-state index is -0.185. The van der Waals surface area contributed by atoms with Crippen LogP contribution in [0.15, 0.2) is 0 Å². The first-order valence-corrected chi connectivity index (χ1v) is 10.6. The normalized spacial score (nSPS) is 19.8. The van der Waals surface area contributed by atoms with Gasteiger partial charge in [-0.2, -0.15) is 0 Å². The summed E-state index contributed by atoms with van der Waals surface area (Å²) in [6.45, 7) is 6.79. The van der Waals surface area contributed by atoms with Crippen molar-refractivity contribution in [1.29, 1.82) is 0 Å². The predicted molar refractivity (Wildman–Crippen MR) is 104 cm³/mol. The highest BCUT2D eigenvalue weighted by molar-refractivity contribution is 7.15. The maximum atomic E-state index is 12.7. The number of ether oxygens (including phenoxy) is 1. The van der Waals surface area contributed by atoms with Gasteiger partial charge in [0.15, 0.2) is 0 Å². The van der Waals surface area contributed by atoms with Crippen molar-refractivity contribution in [3.05, 3.63) is 5.01 Å².